The van der Waals surface area contributed by atoms with Gasteiger partial charge in [0.1, 0.15) is 18.4 Å². The highest BCUT2D eigenvalue weighted by Crippen LogP contribution is 2.20. The normalized spacial score (nSPS) is 27.3. The third-order valence-electron chi connectivity index (χ3n) is 2.91. The molecule has 18 heavy (non-hydrogen) atoms. The first-order valence-electron chi connectivity index (χ1n) is 5.42. The van der Waals surface area contributed by atoms with Crippen LogP contribution >= 0.6 is 11.8 Å². The minimum absolute atomic E-state index is 0.336. The zero-order valence-corrected chi connectivity index (χ0v) is 10.5. The number of urea groups is 2. The second-order valence-corrected chi connectivity index (χ2v) is 5.02. The van der Waals surface area contributed by atoms with Crippen molar-refractivity contribution in [2.24, 2.45) is 0 Å². The Morgan fingerprint density at radius 3 is 2.78 bits per heavy atom. The number of carbonyl (C=O) groups excluding carboxylic acids is 2. The first-order chi connectivity index (χ1) is 8.54. The number of nitrogens with zero attached hydrogens (tertiary/aromatic N) is 1. The van der Waals surface area contributed by atoms with Crippen molar-refractivity contribution < 1.29 is 19.5 Å². The largest absolute Gasteiger partial charge is 0.480 e. The number of hydrogen-bond acceptors (Lipinski definition) is 4. The van der Waals surface area contributed by atoms with Crippen molar-refractivity contribution in [3.63, 3.8) is 0 Å². The Hall–Kier alpha value is -1.64. The van der Waals surface area contributed by atoms with E-state index in [2.05, 4.69) is 16.0 Å². The third-order valence-corrected chi connectivity index (χ3v) is 3.55. The zero-order valence-electron chi connectivity index (χ0n) is 9.67. The highest BCUT2D eigenvalue weighted by atomic mass is 32.2. The van der Waals surface area contributed by atoms with Gasteiger partial charge in [-0.25, -0.2) is 14.4 Å². The van der Waals surface area contributed by atoms with Crippen LogP contribution in [0, 0.1) is 0 Å². The van der Waals surface area contributed by atoms with Crippen molar-refractivity contribution in [1.29, 1.82) is 0 Å². The summed E-state index contributed by atoms with van der Waals surface area (Å²) < 4.78 is 0. The van der Waals surface area contributed by atoms with Gasteiger partial charge in [0.05, 0.1) is 0 Å². The van der Waals surface area contributed by atoms with Crippen molar-refractivity contribution in [2.45, 2.75) is 24.8 Å². The topological polar surface area (TPSA) is 111 Å². The summed E-state index contributed by atoms with van der Waals surface area (Å²) in [5, 5.41) is 16.8. The minimum Gasteiger partial charge on any atom is -0.480 e. The van der Waals surface area contributed by atoms with Gasteiger partial charge in [0, 0.05) is 0 Å². The molecule has 0 radical (unpaired) electrons. The van der Waals surface area contributed by atoms with Gasteiger partial charge < -0.3 is 21.1 Å². The maximum atomic E-state index is 11.8. The van der Waals surface area contributed by atoms with Crippen LogP contribution in [-0.4, -0.2) is 58.4 Å². The molecule has 100 valence electrons. The van der Waals surface area contributed by atoms with E-state index >= 15 is 0 Å². The van der Waals surface area contributed by atoms with Gasteiger partial charge in [-0.05, 0) is 18.4 Å². The maximum absolute atomic E-state index is 11.8. The van der Waals surface area contributed by atoms with E-state index in [1.165, 1.54) is 16.7 Å². The number of carboxylic acids is 1. The molecule has 0 spiro atoms. The number of amides is 4. The molecule has 4 N–H and O–H groups in total. The first kappa shape index (κ1) is 12.8. The lowest BCUT2D eigenvalue weighted by Gasteiger charge is -2.27. The lowest BCUT2D eigenvalue weighted by Crippen LogP contribution is -2.52. The van der Waals surface area contributed by atoms with Gasteiger partial charge in [0.25, 0.3) is 0 Å². The van der Waals surface area contributed by atoms with E-state index in [-0.39, 0.29) is 0 Å². The summed E-state index contributed by atoms with van der Waals surface area (Å²) in [5.41, 5.74) is 0. The van der Waals surface area contributed by atoms with Gasteiger partial charge in [-0.15, -0.1) is 0 Å². The van der Waals surface area contributed by atoms with Gasteiger partial charge in [0.15, 0.2) is 0 Å². The van der Waals surface area contributed by atoms with Crippen LogP contribution in [0.1, 0.15) is 6.42 Å². The summed E-state index contributed by atoms with van der Waals surface area (Å²) in [6.45, 7) is 0. The Morgan fingerprint density at radius 1 is 1.44 bits per heavy atom. The highest BCUT2D eigenvalue weighted by Gasteiger charge is 2.49. The molecule has 0 bridgehead atoms. The molecule has 2 fully saturated rings. The Bertz CT molecular complexity index is 391. The fraction of sp³-hybridized carbons (Fsp3) is 0.667. The summed E-state index contributed by atoms with van der Waals surface area (Å²) in [7, 11) is 0. The van der Waals surface area contributed by atoms with Crippen LogP contribution in [0.2, 0.25) is 0 Å². The molecule has 2 rings (SSSR count). The fourth-order valence-corrected chi connectivity index (χ4v) is 2.56. The SMILES string of the molecule is CSCC[C@@H](C(=O)O)N1C(=O)N[C@H]2NC(=O)N[C@@H]21. The monoisotopic (exact) mass is 274 g/mol. The molecule has 3 atom stereocenters. The predicted molar refractivity (Wildman–Crippen MR) is 64.0 cm³/mol. The molecule has 2 aliphatic heterocycles. The molecule has 2 aliphatic rings. The number of rotatable bonds is 5. The van der Waals surface area contributed by atoms with Crippen molar-refractivity contribution in [3.8, 4) is 0 Å². The number of thioether (sulfide) groups is 1. The maximum Gasteiger partial charge on any atom is 0.326 e. The summed E-state index contributed by atoms with van der Waals surface area (Å²) in [5.74, 6) is -0.444. The Labute approximate surface area is 107 Å². The molecule has 8 nitrogen and oxygen atoms in total. The fourth-order valence-electron chi connectivity index (χ4n) is 2.10. The minimum atomic E-state index is -1.07. The molecule has 0 aromatic heterocycles. The van der Waals surface area contributed by atoms with Crippen LogP contribution < -0.4 is 16.0 Å². The summed E-state index contributed by atoms with van der Waals surface area (Å²) in [6.07, 6.45) is 0.988. The lowest BCUT2D eigenvalue weighted by molar-refractivity contribution is -0.142. The quantitative estimate of drug-likeness (QED) is 0.523. The zero-order chi connectivity index (χ0) is 13.3. The number of carboxylic acid groups (broad SMARTS) is 1. The Kier molecular flexibility index (Phi) is 3.50. The van der Waals surface area contributed by atoms with E-state index < -0.39 is 36.4 Å². The molecule has 2 heterocycles. The van der Waals surface area contributed by atoms with E-state index in [0.29, 0.717) is 12.2 Å². The van der Waals surface area contributed by atoms with E-state index in [4.69, 9.17) is 0 Å². The first-order valence-corrected chi connectivity index (χ1v) is 6.81. The molecule has 4 amide bonds. The predicted octanol–water partition coefficient (Wildman–Crippen LogP) is -0.817. The molecule has 0 saturated carbocycles. The third kappa shape index (κ3) is 2.17. The van der Waals surface area contributed by atoms with E-state index in [9.17, 15) is 19.5 Å². The molecular formula is C9H14N4O4S. The van der Waals surface area contributed by atoms with E-state index in [0.717, 1.165) is 0 Å². The van der Waals surface area contributed by atoms with E-state index in [1.807, 2.05) is 6.26 Å². The second-order valence-electron chi connectivity index (χ2n) is 4.03. The molecule has 0 aliphatic carbocycles. The molecule has 0 unspecified atom stereocenters. The van der Waals surface area contributed by atoms with Gasteiger partial charge in [-0.1, -0.05) is 0 Å². The smallest absolute Gasteiger partial charge is 0.326 e. The van der Waals surface area contributed by atoms with Crippen LogP contribution in [0.5, 0.6) is 0 Å². The van der Waals surface area contributed by atoms with Crippen molar-refractivity contribution in [2.75, 3.05) is 12.0 Å². The van der Waals surface area contributed by atoms with Crippen LogP contribution in [0.4, 0.5) is 9.59 Å². The Morgan fingerprint density at radius 2 is 2.17 bits per heavy atom. The summed E-state index contributed by atoms with van der Waals surface area (Å²) in [4.78, 5) is 35.3. The van der Waals surface area contributed by atoms with Gasteiger partial charge in [-0.2, -0.15) is 11.8 Å². The number of carbonyl (C=O) groups is 3. The number of aliphatic carboxylic acids is 1. The molecule has 9 heteroatoms. The van der Waals surface area contributed by atoms with Crippen molar-refractivity contribution in [1.82, 2.24) is 20.9 Å². The lowest BCUT2D eigenvalue weighted by atomic mass is 10.2. The van der Waals surface area contributed by atoms with Crippen LogP contribution in [-0.2, 0) is 4.79 Å². The van der Waals surface area contributed by atoms with Gasteiger partial charge in [-0.3, -0.25) is 4.90 Å². The Balaban J connectivity index is 2.15. The van der Waals surface area contributed by atoms with Gasteiger partial charge in [0.2, 0.25) is 0 Å². The van der Waals surface area contributed by atoms with Crippen molar-refractivity contribution in [3.05, 3.63) is 0 Å². The standard InChI is InChI=1S/C9H14N4O4S/c1-18-3-2-4(7(14)15)13-6-5(11-9(13)17)10-8(16)12-6/h4-6H,2-3H2,1H3,(H,11,17)(H,14,15)(H2,10,12,16)/t4-,5+,6+/m0/s1. The van der Waals surface area contributed by atoms with Crippen LogP contribution in [0.3, 0.4) is 0 Å². The summed E-state index contributed by atoms with van der Waals surface area (Å²) in [6, 6.07) is -1.83. The van der Waals surface area contributed by atoms with Crippen molar-refractivity contribution >= 4 is 29.8 Å². The van der Waals surface area contributed by atoms with Crippen LogP contribution in [0.25, 0.3) is 0 Å². The molecular weight excluding hydrogens is 260 g/mol. The number of fused-ring (bicyclic) bond motifs is 1. The van der Waals surface area contributed by atoms with E-state index in [1.54, 1.807) is 0 Å². The number of nitrogens with one attached hydrogen (secondary N) is 3. The highest BCUT2D eigenvalue weighted by molar-refractivity contribution is 7.98. The average Bonchev–Trinajstić information content (AvgIpc) is 2.76. The van der Waals surface area contributed by atoms with Gasteiger partial charge >= 0.3 is 18.0 Å². The molecule has 0 aromatic rings. The average molecular weight is 274 g/mol. The second kappa shape index (κ2) is 4.92. The molecule has 0 aromatic carbocycles. The van der Waals surface area contributed by atoms with Crippen LogP contribution in [0.15, 0.2) is 0 Å². The summed E-state index contributed by atoms with van der Waals surface area (Å²) >= 11 is 1.51. The number of hydrogen-bond donors (Lipinski definition) is 4. The molecule has 2 saturated heterocycles.